The first-order valence-electron chi connectivity index (χ1n) is 8.18. The maximum Gasteiger partial charge on any atom is 0.291 e. The fraction of sp³-hybridized carbons (Fsp3) is 0.100. The van der Waals surface area contributed by atoms with Crippen LogP contribution < -0.4 is 20.5 Å². The van der Waals surface area contributed by atoms with Crippen molar-refractivity contribution in [2.75, 3.05) is 11.9 Å². The van der Waals surface area contributed by atoms with Crippen LogP contribution in [0.2, 0.25) is 0 Å². The Bertz CT molecular complexity index is 904. The molecule has 0 aliphatic heterocycles. The van der Waals surface area contributed by atoms with Gasteiger partial charge in [0, 0.05) is 11.3 Å². The molecule has 0 bridgehead atoms. The highest BCUT2D eigenvalue weighted by atomic mass is 16.5. The van der Waals surface area contributed by atoms with Crippen molar-refractivity contribution in [1.82, 2.24) is 0 Å². The zero-order chi connectivity index (χ0) is 19.1. The van der Waals surface area contributed by atoms with Crippen LogP contribution in [0.5, 0.6) is 11.5 Å². The third-order valence-electron chi connectivity index (χ3n) is 3.58. The number of amides is 2. The average molecular weight is 366 g/mol. The molecule has 7 heteroatoms. The number of primary amides is 1. The summed E-state index contributed by atoms with van der Waals surface area (Å²) in [5, 5.41) is 2.74. The molecule has 3 N–H and O–H groups in total. The zero-order valence-corrected chi connectivity index (χ0v) is 14.4. The van der Waals surface area contributed by atoms with E-state index in [2.05, 4.69) is 5.32 Å². The SMILES string of the molecule is NC(=O)COc1ccc(NC(=O)c2occc2COc2ccccc2)cc1. The van der Waals surface area contributed by atoms with Crippen LogP contribution in [-0.4, -0.2) is 18.4 Å². The lowest BCUT2D eigenvalue weighted by molar-refractivity contribution is -0.119. The van der Waals surface area contributed by atoms with Crippen molar-refractivity contribution in [2.24, 2.45) is 5.73 Å². The van der Waals surface area contributed by atoms with Gasteiger partial charge in [-0.25, -0.2) is 0 Å². The number of nitrogens with two attached hydrogens (primary N) is 1. The van der Waals surface area contributed by atoms with Crippen molar-refractivity contribution in [3.05, 3.63) is 78.3 Å². The number of rotatable bonds is 8. The number of anilines is 1. The normalized spacial score (nSPS) is 10.2. The molecular weight excluding hydrogens is 348 g/mol. The summed E-state index contributed by atoms with van der Waals surface area (Å²) in [6, 6.07) is 17.6. The number of hydrogen-bond donors (Lipinski definition) is 2. The summed E-state index contributed by atoms with van der Waals surface area (Å²) in [4.78, 5) is 23.2. The summed E-state index contributed by atoms with van der Waals surface area (Å²) in [7, 11) is 0. The van der Waals surface area contributed by atoms with Crippen LogP contribution in [0.25, 0.3) is 0 Å². The quantitative estimate of drug-likeness (QED) is 0.638. The molecule has 0 spiro atoms. The Morgan fingerprint density at radius 2 is 1.63 bits per heavy atom. The summed E-state index contributed by atoms with van der Waals surface area (Å²) < 4.78 is 16.1. The largest absolute Gasteiger partial charge is 0.489 e. The topological polar surface area (TPSA) is 104 Å². The van der Waals surface area contributed by atoms with E-state index in [1.165, 1.54) is 6.26 Å². The van der Waals surface area contributed by atoms with E-state index in [0.717, 1.165) is 0 Å². The maximum atomic E-state index is 12.5. The van der Waals surface area contributed by atoms with Crippen LogP contribution in [0.3, 0.4) is 0 Å². The second-order valence-electron chi connectivity index (χ2n) is 5.61. The molecular formula is C20H18N2O5. The average Bonchev–Trinajstić information content (AvgIpc) is 3.15. The van der Waals surface area contributed by atoms with Gasteiger partial charge < -0.3 is 24.9 Å². The standard InChI is InChI=1S/C20H18N2O5/c21-18(23)13-27-17-8-6-15(7-9-17)22-20(24)19-14(10-11-25-19)12-26-16-4-2-1-3-5-16/h1-11H,12-13H2,(H2,21,23)(H,22,24). The Morgan fingerprint density at radius 3 is 2.33 bits per heavy atom. The van der Waals surface area contributed by atoms with Gasteiger partial charge in [0.15, 0.2) is 12.4 Å². The lowest BCUT2D eigenvalue weighted by Crippen LogP contribution is -2.20. The molecule has 1 aromatic heterocycles. The molecule has 0 saturated carbocycles. The third-order valence-corrected chi connectivity index (χ3v) is 3.58. The van der Waals surface area contributed by atoms with Gasteiger partial charge in [0.05, 0.1) is 6.26 Å². The Morgan fingerprint density at radius 1 is 0.926 bits per heavy atom. The van der Waals surface area contributed by atoms with E-state index in [0.29, 0.717) is 22.7 Å². The zero-order valence-electron chi connectivity index (χ0n) is 14.4. The van der Waals surface area contributed by atoms with Crippen molar-refractivity contribution in [3.63, 3.8) is 0 Å². The molecule has 0 saturated heterocycles. The minimum absolute atomic E-state index is 0.181. The smallest absolute Gasteiger partial charge is 0.291 e. The summed E-state index contributed by atoms with van der Waals surface area (Å²) in [6.45, 7) is 0.00599. The van der Waals surface area contributed by atoms with E-state index in [1.807, 2.05) is 30.3 Å². The molecule has 7 nitrogen and oxygen atoms in total. The molecule has 138 valence electrons. The van der Waals surface area contributed by atoms with Crippen LogP contribution in [0, 0.1) is 0 Å². The summed E-state index contributed by atoms with van der Waals surface area (Å²) in [5.74, 6) is 0.409. The summed E-state index contributed by atoms with van der Waals surface area (Å²) >= 11 is 0. The highest BCUT2D eigenvalue weighted by molar-refractivity contribution is 6.03. The van der Waals surface area contributed by atoms with Crippen molar-refractivity contribution < 1.29 is 23.5 Å². The third kappa shape index (κ3) is 5.12. The van der Waals surface area contributed by atoms with Crippen molar-refractivity contribution in [1.29, 1.82) is 0 Å². The molecule has 0 radical (unpaired) electrons. The van der Waals surface area contributed by atoms with Gasteiger partial charge in [-0.3, -0.25) is 9.59 Å². The second-order valence-corrected chi connectivity index (χ2v) is 5.61. The number of benzene rings is 2. The van der Waals surface area contributed by atoms with Gasteiger partial charge in [-0.05, 0) is 42.5 Å². The van der Waals surface area contributed by atoms with Crippen molar-refractivity contribution in [3.8, 4) is 11.5 Å². The molecule has 0 aliphatic rings. The molecule has 2 aromatic carbocycles. The molecule has 0 fully saturated rings. The van der Waals surface area contributed by atoms with Crippen LogP contribution in [0.1, 0.15) is 16.1 Å². The van der Waals surface area contributed by atoms with E-state index in [4.69, 9.17) is 19.6 Å². The molecule has 0 aliphatic carbocycles. The van der Waals surface area contributed by atoms with Crippen LogP contribution >= 0.6 is 0 Å². The van der Waals surface area contributed by atoms with Gasteiger partial charge in [0.1, 0.15) is 18.1 Å². The molecule has 3 aromatic rings. The van der Waals surface area contributed by atoms with Gasteiger partial charge in [0.2, 0.25) is 0 Å². The van der Waals surface area contributed by atoms with Crippen LogP contribution in [0.4, 0.5) is 5.69 Å². The van der Waals surface area contributed by atoms with E-state index in [9.17, 15) is 9.59 Å². The van der Waals surface area contributed by atoms with E-state index >= 15 is 0 Å². The van der Waals surface area contributed by atoms with E-state index < -0.39 is 11.8 Å². The number of carbonyl (C=O) groups is 2. The Hall–Kier alpha value is -3.74. The number of furan rings is 1. The van der Waals surface area contributed by atoms with E-state index in [1.54, 1.807) is 30.3 Å². The van der Waals surface area contributed by atoms with Crippen LogP contribution in [0.15, 0.2) is 71.3 Å². The minimum atomic E-state index is -0.560. The monoisotopic (exact) mass is 366 g/mol. The summed E-state index contributed by atoms with van der Waals surface area (Å²) in [6.07, 6.45) is 1.44. The molecule has 0 atom stereocenters. The van der Waals surface area contributed by atoms with Crippen LogP contribution in [-0.2, 0) is 11.4 Å². The van der Waals surface area contributed by atoms with Gasteiger partial charge in [-0.1, -0.05) is 18.2 Å². The highest BCUT2D eigenvalue weighted by Crippen LogP contribution is 2.19. The van der Waals surface area contributed by atoms with Gasteiger partial charge in [-0.15, -0.1) is 0 Å². The number of carbonyl (C=O) groups excluding carboxylic acids is 2. The van der Waals surface area contributed by atoms with Crippen molar-refractivity contribution >= 4 is 17.5 Å². The first-order chi connectivity index (χ1) is 13.1. The number of ether oxygens (including phenoxy) is 2. The number of hydrogen-bond acceptors (Lipinski definition) is 5. The minimum Gasteiger partial charge on any atom is -0.489 e. The Labute approximate surface area is 155 Å². The second kappa shape index (κ2) is 8.57. The van der Waals surface area contributed by atoms with Gasteiger partial charge in [0.25, 0.3) is 11.8 Å². The van der Waals surface area contributed by atoms with Gasteiger partial charge in [-0.2, -0.15) is 0 Å². The predicted octanol–water partition coefficient (Wildman–Crippen LogP) is 2.98. The lowest BCUT2D eigenvalue weighted by Gasteiger charge is -2.08. The summed E-state index contributed by atoms with van der Waals surface area (Å²) in [5.41, 5.74) is 6.21. The van der Waals surface area contributed by atoms with Gasteiger partial charge >= 0.3 is 0 Å². The molecule has 0 unspecified atom stereocenters. The maximum absolute atomic E-state index is 12.5. The lowest BCUT2D eigenvalue weighted by atomic mass is 10.2. The fourth-order valence-electron chi connectivity index (χ4n) is 2.30. The molecule has 3 rings (SSSR count). The Kier molecular flexibility index (Phi) is 5.73. The van der Waals surface area contributed by atoms with E-state index in [-0.39, 0.29) is 19.0 Å². The molecule has 2 amide bonds. The number of para-hydroxylation sites is 1. The predicted molar refractivity (Wildman–Crippen MR) is 98.6 cm³/mol. The Balaban J connectivity index is 1.60. The number of nitrogens with one attached hydrogen (secondary N) is 1. The first kappa shape index (κ1) is 18.1. The van der Waals surface area contributed by atoms with Crippen molar-refractivity contribution in [2.45, 2.75) is 6.61 Å². The molecule has 1 heterocycles. The first-order valence-corrected chi connectivity index (χ1v) is 8.18. The fourth-order valence-corrected chi connectivity index (χ4v) is 2.30. The highest BCUT2D eigenvalue weighted by Gasteiger charge is 2.16. The molecule has 27 heavy (non-hydrogen) atoms.